The average molecular weight is 371 g/mol. The van der Waals surface area contributed by atoms with E-state index in [0.717, 1.165) is 37.6 Å². The largest absolute Gasteiger partial charge is 2.00 e. The molecule has 0 saturated heterocycles. The van der Waals surface area contributed by atoms with Gasteiger partial charge in [-0.15, -0.1) is 0 Å². The molecule has 0 spiro atoms. The van der Waals surface area contributed by atoms with Crippen LogP contribution in [0.25, 0.3) is 0 Å². The van der Waals surface area contributed by atoms with E-state index in [9.17, 15) is 0 Å². The van der Waals surface area contributed by atoms with E-state index in [1.165, 1.54) is 0 Å². The van der Waals surface area contributed by atoms with Gasteiger partial charge in [0.15, 0.2) is 0 Å². The van der Waals surface area contributed by atoms with Crippen molar-refractivity contribution in [2.24, 2.45) is 20.3 Å². The summed E-state index contributed by atoms with van der Waals surface area (Å²) in [4.78, 5) is 8.56. The first kappa shape index (κ1) is 24.0. The third-order valence-corrected chi connectivity index (χ3v) is 3.10. The fourth-order valence-electron chi connectivity index (χ4n) is 1.41. The van der Waals surface area contributed by atoms with E-state index in [-0.39, 0.29) is 16.5 Å². The second-order valence-electron chi connectivity index (χ2n) is 4.81. The van der Waals surface area contributed by atoms with E-state index < -0.39 is 0 Å². The van der Waals surface area contributed by atoms with Crippen LogP contribution >= 0.6 is 0 Å². The average Bonchev–Trinajstić information content (AvgIpc) is 2.54. The SMILES string of the molecule is CC(=NO)C(C)=NCCNCCNCCN=C(C)C(C)=NO.[Ni+2]. The molecule has 0 saturated carbocycles. The Morgan fingerprint density at radius 2 is 1.00 bits per heavy atom. The van der Waals surface area contributed by atoms with Crippen LogP contribution in [0.5, 0.6) is 0 Å². The monoisotopic (exact) mass is 370 g/mol. The van der Waals surface area contributed by atoms with Gasteiger partial charge < -0.3 is 21.0 Å². The second kappa shape index (κ2) is 15.6. The maximum Gasteiger partial charge on any atom is 2.00 e. The van der Waals surface area contributed by atoms with E-state index in [1.54, 1.807) is 13.8 Å². The molecule has 23 heavy (non-hydrogen) atoms. The van der Waals surface area contributed by atoms with Crippen molar-refractivity contribution in [3.8, 4) is 0 Å². The Morgan fingerprint density at radius 3 is 1.30 bits per heavy atom. The molecule has 8 nitrogen and oxygen atoms in total. The summed E-state index contributed by atoms with van der Waals surface area (Å²) < 4.78 is 0. The molecule has 0 aromatic rings. The molecule has 0 aliphatic heterocycles. The van der Waals surface area contributed by atoms with Gasteiger partial charge in [0.2, 0.25) is 0 Å². The van der Waals surface area contributed by atoms with Crippen LogP contribution in [-0.4, -0.2) is 72.5 Å². The summed E-state index contributed by atoms with van der Waals surface area (Å²) in [6.45, 7) is 11.6. The molecule has 0 aliphatic carbocycles. The van der Waals surface area contributed by atoms with Gasteiger partial charge in [0.1, 0.15) is 0 Å². The van der Waals surface area contributed by atoms with Crippen molar-refractivity contribution in [3.63, 3.8) is 0 Å². The molecular formula is C14H28N6NiO2+2. The zero-order chi connectivity index (χ0) is 16.8. The van der Waals surface area contributed by atoms with Crippen LogP contribution in [0.1, 0.15) is 27.7 Å². The predicted molar refractivity (Wildman–Crippen MR) is 91.5 cm³/mol. The summed E-state index contributed by atoms with van der Waals surface area (Å²) in [5, 5.41) is 29.9. The number of hydrogen-bond donors (Lipinski definition) is 4. The van der Waals surface area contributed by atoms with E-state index in [2.05, 4.69) is 30.9 Å². The fraction of sp³-hybridized carbons (Fsp3) is 0.714. The van der Waals surface area contributed by atoms with Crippen molar-refractivity contribution in [2.45, 2.75) is 27.7 Å². The maximum absolute atomic E-state index is 8.58. The third-order valence-electron chi connectivity index (χ3n) is 3.10. The van der Waals surface area contributed by atoms with E-state index >= 15 is 0 Å². The van der Waals surface area contributed by atoms with Gasteiger partial charge in [-0.2, -0.15) is 0 Å². The van der Waals surface area contributed by atoms with E-state index in [0.29, 0.717) is 24.5 Å². The van der Waals surface area contributed by atoms with Crippen LogP contribution < -0.4 is 10.6 Å². The Bertz CT molecular complexity index is 395. The molecule has 0 aromatic carbocycles. The summed E-state index contributed by atoms with van der Waals surface area (Å²) in [5.74, 6) is 0. The van der Waals surface area contributed by atoms with Crippen molar-refractivity contribution in [1.29, 1.82) is 0 Å². The Labute approximate surface area is 148 Å². The number of nitrogens with zero attached hydrogens (tertiary/aromatic N) is 4. The zero-order valence-corrected chi connectivity index (χ0v) is 15.2. The summed E-state index contributed by atoms with van der Waals surface area (Å²) in [6.07, 6.45) is 0. The first-order chi connectivity index (χ1) is 10.5. The van der Waals surface area contributed by atoms with Crippen LogP contribution in [0.15, 0.2) is 20.3 Å². The number of hydrogen-bond acceptors (Lipinski definition) is 8. The van der Waals surface area contributed by atoms with Gasteiger partial charge in [-0.25, -0.2) is 0 Å². The first-order valence-electron chi connectivity index (χ1n) is 7.34. The van der Waals surface area contributed by atoms with Crippen LogP contribution in [0, 0.1) is 0 Å². The quantitative estimate of drug-likeness (QED) is 0.141. The molecule has 134 valence electrons. The van der Waals surface area contributed by atoms with Gasteiger partial charge in [0.05, 0.1) is 35.9 Å². The fourth-order valence-corrected chi connectivity index (χ4v) is 1.41. The summed E-state index contributed by atoms with van der Waals surface area (Å²) in [7, 11) is 0. The minimum absolute atomic E-state index is 0. The molecule has 0 unspecified atom stereocenters. The molecule has 0 aliphatic rings. The van der Waals surface area contributed by atoms with Crippen LogP contribution in [0.3, 0.4) is 0 Å². The zero-order valence-electron chi connectivity index (χ0n) is 14.2. The topological polar surface area (TPSA) is 114 Å². The molecule has 0 aromatic heterocycles. The van der Waals surface area contributed by atoms with Gasteiger partial charge in [-0.1, -0.05) is 10.3 Å². The standard InChI is InChI=1S/C14H28N6O2.Ni/c1-11(13(3)19-21)17-9-7-15-5-6-16-8-10-18-12(2)14(4)20-22;/h15-16,21-22H,5-10H2,1-4H3;/q;+2. The number of rotatable bonds is 11. The smallest absolute Gasteiger partial charge is 0.411 e. The van der Waals surface area contributed by atoms with Crippen molar-refractivity contribution >= 4 is 22.8 Å². The molecule has 0 radical (unpaired) electrons. The second-order valence-corrected chi connectivity index (χ2v) is 4.81. The molecule has 0 heterocycles. The summed E-state index contributed by atoms with van der Waals surface area (Å²) in [6, 6.07) is 0. The van der Waals surface area contributed by atoms with Gasteiger partial charge in [-0.3, -0.25) is 9.98 Å². The molecule has 0 amide bonds. The predicted octanol–water partition coefficient (Wildman–Crippen LogP) is 0.785. The Balaban J connectivity index is 0. The number of oxime groups is 2. The molecule has 0 bridgehead atoms. The summed E-state index contributed by atoms with van der Waals surface area (Å²) in [5.41, 5.74) is 2.58. The normalized spacial score (nSPS) is 13.9. The van der Waals surface area contributed by atoms with Gasteiger partial charge in [0, 0.05) is 26.2 Å². The van der Waals surface area contributed by atoms with Crippen molar-refractivity contribution < 1.29 is 26.9 Å². The molecule has 0 fully saturated rings. The molecule has 9 heteroatoms. The van der Waals surface area contributed by atoms with Gasteiger partial charge in [0.25, 0.3) is 0 Å². The molecule has 0 atom stereocenters. The van der Waals surface area contributed by atoms with Gasteiger partial charge >= 0.3 is 16.5 Å². The number of nitrogens with one attached hydrogen (secondary N) is 2. The minimum Gasteiger partial charge on any atom is -0.411 e. The third kappa shape index (κ3) is 12.9. The molecule has 0 rings (SSSR count). The van der Waals surface area contributed by atoms with Gasteiger partial charge in [-0.05, 0) is 27.7 Å². The minimum atomic E-state index is 0. The summed E-state index contributed by atoms with van der Waals surface area (Å²) >= 11 is 0. The van der Waals surface area contributed by atoms with Crippen LogP contribution in [0.4, 0.5) is 0 Å². The van der Waals surface area contributed by atoms with E-state index in [4.69, 9.17) is 10.4 Å². The Morgan fingerprint density at radius 1 is 0.652 bits per heavy atom. The van der Waals surface area contributed by atoms with Crippen molar-refractivity contribution in [1.82, 2.24) is 10.6 Å². The Hall–Kier alpha value is -1.31. The Kier molecular flexibility index (Phi) is 16.2. The van der Waals surface area contributed by atoms with Crippen LogP contribution in [0.2, 0.25) is 0 Å². The van der Waals surface area contributed by atoms with Crippen molar-refractivity contribution in [2.75, 3.05) is 39.3 Å². The maximum atomic E-state index is 8.58. The first-order valence-corrected chi connectivity index (χ1v) is 7.34. The van der Waals surface area contributed by atoms with Crippen molar-refractivity contribution in [3.05, 3.63) is 0 Å². The number of aliphatic imine (C=N–C) groups is 2. The van der Waals surface area contributed by atoms with E-state index in [1.807, 2.05) is 13.8 Å². The molecular weight excluding hydrogens is 343 g/mol. The molecule has 4 N–H and O–H groups in total. The van der Waals surface area contributed by atoms with Crippen LogP contribution in [-0.2, 0) is 16.5 Å².